The summed E-state index contributed by atoms with van der Waals surface area (Å²) in [6.07, 6.45) is 4.52. The van der Waals surface area contributed by atoms with E-state index in [4.69, 9.17) is 4.74 Å². The number of carbonyl (C=O) groups excluding carboxylic acids is 1. The van der Waals surface area contributed by atoms with Crippen molar-refractivity contribution >= 4 is 12.0 Å². The number of carbonyl (C=O) groups is 1. The van der Waals surface area contributed by atoms with Crippen molar-refractivity contribution in [2.45, 2.75) is 19.8 Å². The summed E-state index contributed by atoms with van der Waals surface area (Å²) in [6.45, 7) is 2.95. The van der Waals surface area contributed by atoms with Gasteiger partial charge < -0.3 is 4.74 Å². The molecule has 0 N–H and O–H groups in total. The Balaban J connectivity index is 2.48. The van der Waals surface area contributed by atoms with Crippen LogP contribution in [0.1, 0.15) is 30.1 Å². The number of nitrogens with zero attached hydrogens (tertiary/aromatic N) is 1. The zero-order valence-electron chi connectivity index (χ0n) is 10.3. The van der Waals surface area contributed by atoms with Crippen molar-refractivity contribution in [2.75, 3.05) is 13.7 Å². The predicted octanol–water partition coefficient (Wildman–Crippen LogP) is 1.30. The average Bonchev–Trinajstić information content (AvgIpc) is 2.37. The zero-order valence-corrected chi connectivity index (χ0v) is 10.3. The van der Waals surface area contributed by atoms with Crippen molar-refractivity contribution in [1.82, 2.24) is 0 Å². The molecular formula is C14H17NO2. The Kier molecular flexibility index (Phi) is 3.57. The lowest BCUT2D eigenvalue weighted by Crippen LogP contribution is -2.36. The molecule has 0 saturated carbocycles. The molecule has 0 saturated heterocycles. The lowest BCUT2D eigenvalue weighted by molar-refractivity contribution is 0.0598. The van der Waals surface area contributed by atoms with E-state index in [0.717, 1.165) is 30.0 Å². The van der Waals surface area contributed by atoms with Gasteiger partial charge in [-0.3, -0.25) is 4.99 Å². The Labute approximate surface area is 101 Å². The molecule has 1 aliphatic heterocycles. The molecule has 1 aromatic carbocycles. The number of ether oxygens (including phenoxy) is 1. The zero-order chi connectivity index (χ0) is 12.3. The third kappa shape index (κ3) is 2.38. The number of benzene rings is 1. The van der Waals surface area contributed by atoms with Gasteiger partial charge in [-0.2, -0.15) is 0 Å². The van der Waals surface area contributed by atoms with Crippen LogP contribution in [0.4, 0.5) is 0 Å². The van der Waals surface area contributed by atoms with Crippen molar-refractivity contribution in [3.63, 3.8) is 0 Å². The molecule has 0 spiro atoms. The topological polar surface area (TPSA) is 38.7 Å². The Morgan fingerprint density at radius 2 is 2.35 bits per heavy atom. The van der Waals surface area contributed by atoms with Crippen LogP contribution in [-0.2, 0) is 4.74 Å². The first-order valence-electron chi connectivity index (χ1n) is 6.00. The number of hydrogen-bond donors (Lipinski definition) is 0. The quantitative estimate of drug-likeness (QED) is 0.736. The van der Waals surface area contributed by atoms with E-state index < -0.39 is 0 Å². The van der Waals surface area contributed by atoms with Crippen LogP contribution in [-0.4, -0.2) is 19.6 Å². The molecule has 1 aliphatic rings. The van der Waals surface area contributed by atoms with E-state index in [-0.39, 0.29) is 5.97 Å². The summed E-state index contributed by atoms with van der Waals surface area (Å²) in [6, 6.07) is 5.65. The first-order valence-corrected chi connectivity index (χ1v) is 6.00. The van der Waals surface area contributed by atoms with Crippen molar-refractivity contribution in [3.05, 3.63) is 34.3 Å². The Morgan fingerprint density at radius 3 is 3.06 bits per heavy atom. The van der Waals surface area contributed by atoms with Crippen molar-refractivity contribution in [1.29, 1.82) is 0 Å². The van der Waals surface area contributed by atoms with Crippen LogP contribution in [0.25, 0.3) is 6.08 Å². The minimum absolute atomic E-state index is 0.312. The largest absolute Gasteiger partial charge is 0.465 e. The fourth-order valence-corrected chi connectivity index (χ4v) is 2.21. The fraction of sp³-hybridized carbons (Fsp3) is 0.429. The number of methoxy groups -OCH3 is 1. The summed E-state index contributed by atoms with van der Waals surface area (Å²) in [5.41, 5.74) is 0.566. The van der Waals surface area contributed by atoms with Crippen LogP contribution in [0, 0.1) is 5.92 Å². The molecule has 3 nitrogen and oxygen atoms in total. The summed E-state index contributed by atoms with van der Waals surface area (Å²) in [5.74, 6) is 0.188. The summed E-state index contributed by atoms with van der Waals surface area (Å²) >= 11 is 0. The SMILES string of the molecule is CCCC1C=c2cccc(C(=O)OC)c2=NC1. The number of rotatable bonds is 3. The molecule has 0 aromatic heterocycles. The number of fused-ring (bicyclic) bond motifs is 1. The van der Waals surface area contributed by atoms with Crippen LogP contribution >= 0.6 is 0 Å². The molecule has 2 rings (SSSR count). The molecular weight excluding hydrogens is 214 g/mol. The molecule has 0 bridgehead atoms. The monoisotopic (exact) mass is 231 g/mol. The van der Waals surface area contributed by atoms with Crippen LogP contribution in [0.15, 0.2) is 23.2 Å². The minimum atomic E-state index is -0.312. The van der Waals surface area contributed by atoms with Gasteiger partial charge in [0, 0.05) is 6.54 Å². The van der Waals surface area contributed by atoms with Crippen LogP contribution < -0.4 is 10.6 Å². The summed E-state index contributed by atoms with van der Waals surface area (Å²) in [4.78, 5) is 16.1. The summed E-state index contributed by atoms with van der Waals surface area (Å²) in [5, 5.41) is 1.84. The second kappa shape index (κ2) is 5.13. The molecule has 0 fully saturated rings. The van der Waals surface area contributed by atoms with E-state index in [0.29, 0.717) is 11.5 Å². The molecule has 3 heteroatoms. The molecule has 1 atom stereocenters. The third-order valence-corrected chi connectivity index (χ3v) is 3.03. The van der Waals surface area contributed by atoms with Gasteiger partial charge in [0.2, 0.25) is 0 Å². The molecule has 0 radical (unpaired) electrons. The van der Waals surface area contributed by atoms with Crippen LogP contribution in [0.2, 0.25) is 0 Å². The van der Waals surface area contributed by atoms with Gasteiger partial charge in [0.05, 0.1) is 18.0 Å². The highest BCUT2D eigenvalue weighted by atomic mass is 16.5. The van der Waals surface area contributed by atoms with Gasteiger partial charge in [-0.25, -0.2) is 4.79 Å². The first kappa shape index (κ1) is 11.8. The van der Waals surface area contributed by atoms with Crippen molar-refractivity contribution in [3.8, 4) is 0 Å². The summed E-state index contributed by atoms with van der Waals surface area (Å²) < 4.78 is 4.76. The van der Waals surface area contributed by atoms with E-state index in [1.807, 2.05) is 12.1 Å². The van der Waals surface area contributed by atoms with Gasteiger partial charge in [-0.15, -0.1) is 0 Å². The van der Waals surface area contributed by atoms with Crippen LogP contribution in [0.3, 0.4) is 0 Å². The molecule has 1 heterocycles. The molecule has 1 unspecified atom stereocenters. The Bertz CT molecular complexity index is 534. The Morgan fingerprint density at radius 1 is 1.53 bits per heavy atom. The number of para-hydroxylation sites is 1. The predicted molar refractivity (Wildman–Crippen MR) is 66.3 cm³/mol. The normalized spacial score (nSPS) is 17.6. The van der Waals surface area contributed by atoms with Crippen molar-refractivity contribution < 1.29 is 9.53 Å². The standard InChI is InChI=1S/C14H17NO2/c1-3-5-10-8-11-6-4-7-12(14(16)17-2)13(11)15-9-10/h4,6-8,10H,3,5,9H2,1-2H3. The second-order valence-corrected chi connectivity index (χ2v) is 4.29. The molecule has 90 valence electrons. The minimum Gasteiger partial charge on any atom is -0.465 e. The smallest absolute Gasteiger partial charge is 0.340 e. The molecule has 17 heavy (non-hydrogen) atoms. The fourth-order valence-electron chi connectivity index (χ4n) is 2.21. The summed E-state index contributed by atoms with van der Waals surface area (Å²) in [7, 11) is 1.40. The van der Waals surface area contributed by atoms with Crippen molar-refractivity contribution in [2.24, 2.45) is 10.9 Å². The van der Waals surface area contributed by atoms with Gasteiger partial charge in [-0.1, -0.05) is 31.6 Å². The lowest BCUT2D eigenvalue weighted by Gasteiger charge is -2.13. The van der Waals surface area contributed by atoms with Gasteiger partial charge in [-0.05, 0) is 23.6 Å². The van der Waals surface area contributed by atoms with E-state index in [9.17, 15) is 4.79 Å². The van der Waals surface area contributed by atoms with E-state index in [1.165, 1.54) is 7.11 Å². The average molecular weight is 231 g/mol. The second-order valence-electron chi connectivity index (χ2n) is 4.29. The van der Waals surface area contributed by atoms with E-state index in [1.54, 1.807) is 6.07 Å². The molecule has 1 aromatic rings. The Hall–Kier alpha value is -1.64. The van der Waals surface area contributed by atoms with Crippen LogP contribution in [0.5, 0.6) is 0 Å². The molecule has 0 aliphatic carbocycles. The number of hydrogen-bond acceptors (Lipinski definition) is 3. The highest BCUT2D eigenvalue weighted by Crippen LogP contribution is 2.10. The maximum absolute atomic E-state index is 11.6. The highest BCUT2D eigenvalue weighted by molar-refractivity contribution is 5.89. The first-order chi connectivity index (χ1) is 8.26. The highest BCUT2D eigenvalue weighted by Gasteiger charge is 2.13. The van der Waals surface area contributed by atoms with E-state index >= 15 is 0 Å². The third-order valence-electron chi connectivity index (χ3n) is 3.03. The molecule has 0 amide bonds. The maximum atomic E-state index is 11.6. The van der Waals surface area contributed by atoms with Gasteiger partial charge in [0.15, 0.2) is 0 Å². The van der Waals surface area contributed by atoms with Gasteiger partial charge >= 0.3 is 5.97 Å². The number of esters is 1. The lowest BCUT2D eigenvalue weighted by atomic mass is 9.99. The van der Waals surface area contributed by atoms with Gasteiger partial charge in [0.25, 0.3) is 0 Å². The van der Waals surface area contributed by atoms with E-state index in [2.05, 4.69) is 18.0 Å². The van der Waals surface area contributed by atoms with Gasteiger partial charge in [0.1, 0.15) is 0 Å². The maximum Gasteiger partial charge on any atom is 0.340 e.